The lowest BCUT2D eigenvalue weighted by Gasteiger charge is -2.38. The zero-order chi connectivity index (χ0) is 10.6. The Hall–Kier alpha value is 0.0700. The van der Waals surface area contributed by atoms with Crippen LogP contribution in [0.5, 0.6) is 0 Å². The summed E-state index contributed by atoms with van der Waals surface area (Å²) in [5, 5.41) is -4.46. The van der Waals surface area contributed by atoms with Crippen LogP contribution < -0.4 is 0 Å². The van der Waals surface area contributed by atoms with Crippen LogP contribution in [0.25, 0.3) is 0 Å². The van der Waals surface area contributed by atoms with Gasteiger partial charge in [0.25, 0.3) is 0 Å². The Balaban J connectivity index is 2.39. The number of hydrogen-bond acceptors (Lipinski definition) is 1. The molecule has 0 radical (unpaired) electrons. The molecule has 1 aliphatic carbocycles. The fraction of sp³-hybridized carbons (Fsp3) is 1.00. The Morgan fingerprint density at radius 2 is 1.79 bits per heavy atom. The van der Waals surface area contributed by atoms with Crippen LogP contribution in [0.3, 0.4) is 0 Å². The van der Waals surface area contributed by atoms with Gasteiger partial charge in [0, 0.05) is 5.25 Å². The summed E-state index contributed by atoms with van der Waals surface area (Å²) in [6.07, 6.45) is 2.14. The van der Waals surface area contributed by atoms with Crippen molar-refractivity contribution < 1.29 is 17.6 Å². The van der Waals surface area contributed by atoms with Crippen molar-refractivity contribution in [3.05, 3.63) is 0 Å². The summed E-state index contributed by atoms with van der Waals surface area (Å²) in [5.74, 6) is -3.85. The van der Waals surface area contributed by atoms with Crippen LogP contribution in [0, 0.1) is 5.41 Å². The van der Waals surface area contributed by atoms with E-state index >= 15 is 0 Å². The van der Waals surface area contributed by atoms with Gasteiger partial charge in [-0.15, -0.1) is 0 Å². The van der Waals surface area contributed by atoms with Gasteiger partial charge in [0.1, 0.15) is 0 Å². The number of thioether (sulfide) groups is 1. The van der Waals surface area contributed by atoms with Gasteiger partial charge in [0.2, 0.25) is 0 Å². The van der Waals surface area contributed by atoms with Crippen molar-refractivity contribution in [2.75, 3.05) is 0 Å². The minimum Gasteiger partial charge on any atom is -0.198 e. The van der Waals surface area contributed by atoms with E-state index in [1.54, 1.807) is 0 Å². The molecule has 5 heteroatoms. The minimum absolute atomic E-state index is 0.174. The van der Waals surface area contributed by atoms with Crippen LogP contribution in [0.1, 0.15) is 32.6 Å². The summed E-state index contributed by atoms with van der Waals surface area (Å²) in [5.41, 5.74) is -1.50. The van der Waals surface area contributed by atoms with Crippen molar-refractivity contribution in [1.29, 1.82) is 0 Å². The molecule has 0 nitrogen and oxygen atoms in total. The van der Waals surface area contributed by atoms with Gasteiger partial charge < -0.3 is 0 Å². The van der Waals surface area contributed by atoms with Crippen LogP contribution in [0.15, 0.2) is 0 Å². The van der Waals surface area contributed by atoms with E-state index in [0.29, 0.717) is 12.8 Å². The molecule has 0 aromatic rings. The molecule has 0 amide bonds. The van der Waals surface area contributed by atoms with E-state index in [1.807, 2.05) is 0 Å². The van der Waals surface area contributed by atoms with E-state index in [4.69, 9.17) is 0 Å². The molecule has 1 saturated carbocycles. The number of alkyl halides is 4. The van der Waals surface area contributed by atoms with Crippen LogP contribution in [-0.4, -0.2) is 16.4 Å². The maximum atomic E-state index is 13.5. The predicted molar refractivity (Wildman–Crippen MR) is 47.8 cm³/mol. The zero-order valence-electron chi connectivity index (χ0n) is 7.83. The molecule has 2 aliphatic rings. The first-order chi connectivity index (χ1) is 6.31. The highest BCUT2D eigenvalue weighted by Gasteiger charge is 2.75. The average Bonchev–Trinajstić information content (AvgIpc) is 2.20. The first-order valence-corrected chi connectivity index (χ1v) is 5.63. The van der Waals surface area contributed by atoms with Gasteiger partial charge in [-0.05, 0) is 12.8 Å². The second-order valence-electron chi connectivity index (χ2n) is 4.36. The molecule has 1 heterocycles. The molecule has 0 spiro atoms. The Bertz CT molecular complexity index is 253. The largest absolute Gasteiger partial charge is 0.356 e. The Morgan fingerprint density at radius 3 is 2.36 bits per heavy atom. The fourth-order valence-electron chi connectivity index (χ4n) is 2.43. The van der Waals surface area contributed by atoms with E-state index in [0.717, 1.165) is 6.42 Å². The second kappa shape index (κ2) is 2.80. The topological polar surface area (TPSA) is 0 Å². The van der Waals surface area contributed by atoms with Crippen LogP contribution in [-0.2, 0) is 0 Å². The summed E-state index contributed by atoms with van der Waals surface area (Å²) < 4.78 is 53.1. The highest BCUT2D eigenvalue weighted by atomic mass is 32.2. The third kappa shape index (κ3) is 1.08. The van der Waals surface area contributed by atoms with Gasteiger partial charge in [-0.1, -0.05) is 31.5 Å². The predicted octanol–water partition coefficient (Wildman–Crippen LogP) is 3.91. The molecule has 82 valence electrons. The molecule has 2 fully saturated rings. The first kappa shape index (κ1) is 10.6. The molecule has 2 atom stereocenters. The van der Waals surface area contributed by atoms with Crippen molar-refractivity contribution in [3.8, 4) is 0 Å². The summed E-state index contributed by atoms with van der Waals surface area (Å²) in [7, 11) is 0. The number of hydrogen-bond donors (Lipinski definition) is 0. The molecule has 1 aliphatic heterocycles. The zero-order valence-corrected chi connectivity index (χ0v) is 8.64. The van der Waals surface area contributed by atoms with Crippen molar-refractivity contribution >= 4 is 11.8 Å². The van der Waals surface area contributed by atoms with Gasteiger partial charge in [-0.2, -0.15) is 17.6 Å². The number of fused-ring (bicyclic) bond motifs is 1. The maximum Gasteiger partial charge on any atom is 0.356 e. The van der Waals surface area contributed by atoms with E-state index in [-0.39, 0.29) is 18.2 Å². The smallest absolute Gasteiger partial charge is 0.198 e. The van der Waals surface area contributed by atoms with Gasteiger partial charge in [-0.3, -0.25) is 0 Å². The van der Waals surface area contributed by atoms with Crippen molar-refractivity contribution in [2.24, 2.45) is 5.41 Å². The molecule has 0 N–H and O–H groups in total. The number of rotatable bonds is 0. The Labute approximate surface area is 84.4 Å². The van der Waals surface area contributed by atoms with Crippen molar-refractivity contribution in [1.82, 2.24) is 0 Å². The van der Waals surface area contributed by atoms with Crippen LogP contribution in [0.2, 0.25) is 0 Å². The average molecular weight is 228 g/mol. The standard InChI is InChI=1S/C9H12F4S/c1-7-5-3-2-4-6(7)14-9(12,13)8(7,10)11/h6H,2-5H2,1H3/t6-,7-/m0/s1. The lowest BCUT2D eigenvalue weighted by atomic mass is 9.71. The first-order valence-electron chi connectivity index (χ1n) is 4.75. The molecule has 0 unspecified atom stereocenters. The second-order valence-corrected chi connectivity index (χ2v) is 5.68. The van der Waals surface area contributed by atoms with E-state index in [1.165, 1.54) is 6.92 Å². The third-order valence-electron chi connectivity index (χ3n) is 3.50. The van der Waals surface area contributed by atoms with Crippen LogP contribution >= 0.6 is 11.8 Å². The minimum atomic E-state index is -3.88. The summed E-state index contributed by atoms with van der Waals surface area (Å²) >= 11 is 0.174. The van der Waals surface area contributed by atoms with Crippen molar-refractivity contribution in [3.63, 3.8) is 0 Å². The van der Waals surface area contributed by atoms with E-state index < -0.39 is 21.8 Å². The van der Waals surface area contributed by atoms with Crippen LogP contribution in [0.4, 0.5) is 17.6 Å². The van der Waals surface area contributed by atoms with Crippen molar-refractivity contribution in [2.45, 2.75) is 49.0 Å². The molecule has 0 aromatic carbocycles. The lowest BCUT2D eigenvalue weighted by Crippen LogP contribution is -2.48. The van der Waals surface area contributed by atoms with E-state index in [2.05, 4.69) is 0 Å². The fourth-order valence-corrected chi connectivity index (χ4v) is 3.98. The summed E-state index contributed by atoms with van der Waals surface area (Å²) in [4.78, 5) is 0. The molecule has 0 aromatic heterocycles. The van der Waals surface area contributed by atoms with Gasteiger partial charge in [-0.25, -0.2) is 0 Å². The third-order valence-corrected chi connectivity index (χ3v) is 5.09. The quantitative estimate of drug-likeness (QED) is 0.566. The number of halogens is 4. The SMILES string of the molecule is C[C@]12CCCC[C@@H]1SC(F)(F)C2(F)F. The molecular weight excluding hydrogens is 216 g/mol. The Kier molecular flexibility index (Phi) is 2.12. The Morgan fingerprint density at radius 1 is 1.14 bits per heavy atom. The maximum absolute atomic E-state index is 13.5. The van der Waals surface area contributed by atoms with Gasteiger partial charge in [0.05, 0.1) is 5.41 Å². The molecule has 0 bridgehead atoms. The van der Waals surface area contributed by atoms with Gasteiger partial charge >= 0.3 is 11.2 Å². The van der Waals surface area contributed by atoms with E-state index in [9.17, 15) is 17.6 Å². The monoisotopic (exact) mass is 228 g/mol. The molecule has 1 saturated heterocycles. The lowest BCUT2D eigenvalue weighted by molar-refractivity contribution is -0.212. The van der Waals surface area contributed by atoms with Gasteiger partial charge in [0.15, 0.2) is 0 Å². The highest BCUT2D eigenvalue weighted by Crippen LogP contribution is 2.68. The molecular formula is C9H12F4S. The highest BCUT2D eigenvalue weighted by molar-refractivity contribution is 8.01. The summed E-state index contributed by atoms with van der Waals surface area (Å²) in [6.45, 7) is 1.31. The molecule has 2 rings (SSSR count). The normalized spacial score (nSPS) is 44.8. The molecule has 14 heavy (non-hydrogen) atoms. The summed E-state index contributed by atoms with van der Waals surface area (Å²) in [6, 6.07) is 0.